The molecule has 1 fully saturated rings. The summed E-state index contributed by atoms with van der Waals surface area (Å²) in [5.41, 5.74) is 5.70. The number of hydrazine groups is 2. The Morgan fingerprint density at radius 1 is 1.38 bits per heavy atom. The van der Waals surface area contributed by atoms with Crippen LogP contribution in [0.15, 0.2) is 4.99 Å². The number of piperidine rings is 1. The molecule has 0 amide bonds. The van der Waals surface area contributed by atoms with Gasteiger partial charge in [0.1, 0.15) is 0 Å². The molecule has 0 spiro atoms. The van der Waals surface area contributed by atoms with Gasteiger partial charge in [-0.2, -0.15) is 0 Å². The second-order valence-corrected chi connectivity index (χ2v) is 3.13. The van der Waals surface area contributed by atoms with Gasteiger partial charge in [0.05, 0.1) is 0 Å². The molecular weight excluding hydrogens is 166 g/mol. The predicted octanol–water partition coefficient (Wildman–Crippen LogP) is -0.184. The molecule has 0 bridgehead atoms. The molecule has 1 heterocycles. The van der Waals surface area contributed by atoms with Crippen molar-refractivity contribution in [1.82, 2.24) is 15.9 Å². The van der Waals surface area contributed by atoms with Gasteiger partial charge in [-0.3, -0.25) is 15.8 Å². The second-order valence-electron chi connectivity index (χ2n) is 3.13. The summed E-state index contributed by atoms with van der Waals surface area (Å²) in [5.74, 6) is 5.96. The molecule has 0 atom stereocenters. The number of hydrogen-bond donors (Lipinski definition) is 3. The number of rotatable bonds is 2. The van der Waals surface area contributed by atoms with Gasteiger partial charge in [-0.25, -0.2) is 10.9 Å². The van der Waals surface area contributed by atoms with Crippen molar-refractivity contribution in [3.05, 3.63) is 0 Å². The lowest BCUT2D eigenvalue weighted by Crippen LogP contribution is -2.52. The third kappa shape index (κ3) is 3.61. The van der Waals surface area contributed by atoms with Crippen LogP contribution in [0.2, 0.25) is 0 Å². The molecule has 5 nitrogen and oxygen atoms in total. The standard InChI is InChI=1S/C8H19N5/c1-2-10-8(11-9)12-13-6-4-3-5-7-13/h2-7,9H2,1H3,(H2,10,11,12). The van der Waals surface area contributed by atoms with E-state index in [2.05, 4.69) is 20.9 Å². The van der Waals surface area contributed by atoms with Crippen molar-refractivity contribution in [3.63, 3.8) is 0 Å². The van der Waals surface area contributed by atoms with Crippen LogP contribution in [0.3, 0.4) is 0 Å². The minimum atomic E-state index is 0.657. The third-order valence-electron chi connectivity index (χ3n) is 2.07. The third-order valence-corrected chi connectivity index (χ3v) is 2.07. The molecule has 76 valence electrons. The van der Waals surface area contributed by atoms with Crippen molar-refractivity contribution in [3.8, 4) is 0 Å². The van der Waals surface area contributed by atoms with Crippen molar-refractivity contribution in [2.45, 2.75) is 26.2 Å². The first kappa shape index (κ1) is 10.3. The van der Waals surface area contributed by atoms with Crippen LogP contribution >= 0.6 is 0 Å². The lowest BCUT2D eigenvalue weighted by atomic mass is 10.2. The maximum atomic E-state index is 5.31. The number of nitrogens with zero attached hydrogens (tertiary/aromatic N) is 2. The van der Waals surface area contributed by atoms with Crippen molar-refractivity contribution < 1.29 is 0 Å². The monoisotopic (exact) mass is 185 g/mol. The van der Waals surface area contributed by atoms with Crippen LogP contribution in [0.1, 0.15) is 26.2 Å². The number of hydrogen-bond acceptors (Lipinski definition) is 3. The first-order valence-corrected chi connectivity index (χ1v) is 4.89. The molecule has 1 aliphatic rings. The zero-order valence-electron chi connectivity index (χ0n) is 8.21. The maximum absolute atomic E-state index is 5.31. The van der Waals surface area contributed by atoms with Gasteiger partial charge in [-0.15, -0.1) is 0 Å². The summed E-state index contributed by atoms with van der Waals surface area (Å²) in [5, 5.41) is 2.15. The van der Waals surface area contributed by atoms with Gasteiger partial charge in [0.15, 0.2) is 0 Å². The number of nitrogens with two attached hydrogens (primary N) is 1. The van der Waals surface area contributed by atoms with Crippen LogP contribution in [0.4, 0.5) is 0 Å². The van der Waals surface area contributed by atoms with Gasteiger partial charge in [0, 0.05) is 19.6 Å². The summed E-state index contributed by atoms with van der Waals surface area (Å²) >= 11 is 0. The minimum Gasteiger partial charge on any atom is -0.293 e. The Labute approximate surface area is 79.3 Å². The van der Waals surface area contributed by atoms with E-state index in [0.717, 1.165) is 19.6 Å². The predicted molar refractivity (Wildman–Crippen MR) is 53.9 cm³/mol. The Morgan fingerprint density at radius 2 is 2.08 bits per heavy atom. The molecule has 13 heavy (non-hydrogen) atoms. The van der Waals surface area contributed by atoms with E-state index in [1.54, 1.807) is 0 Å². The lowest BCUT2D eigenvalue weighted by molar-refractivity contribution is 0.192. The van der Waals surface area contributed by atoms with Crippen molar-refractivity contribution >= 4 is 5.96 Å². The van der Waals surface area contributed by atoms with Crippen molar-refractivity contribution in [1.29, 1.82) is 0 Å². The Hall–Kier alpha value is -0.810. The van der Waals surface area contributed by atoms with Gasteiger partial charge in [0.2, 0.25) is 5.96 Å². The van der Waals surface area contributed by atoms with E-state index >= 15 is 0 Å². The minimum absolute atomic E-state index is 0.657. The summed E-state index contributed by atoms with van der Waals surface area (Å²) in [7, 11) is 0. The normalized spacial score (nSPS) is 20.0. The van der Waals surface area contributed by atoms with Gasteiger partial charge < -0.3 is 0 Å². The van der Waals surface area contributed by atoms with E-state index < -0.39 is 0 Å². The van der Waals surface area contributed by atoms with Crippen LogP contribution in [0, 0.1) is 0 Å². The maximum Gasteiger partial charge on any atom is 0.220 e. The van der Waals surface area contributed by atoms with Crippen molar-refractivity contribution in [2.75, 3.05) is 19.6 Å². The summed E-state index contributed by atoms with van der Waals surface area (Å²) in [6, 6.07) is 0. The SMILES string of the molecule is CCN=C(NN)NN1CCCCC1. The Bertz CT molecular complexity index is 162. The molecule has 4 N–H and O–H groups in total. The van der Waals surface area contributed by atoms with Gasteiger partial charge in [-0.1, -0.05) is 6.42 Å². The summed E-state index contributed by atoms with van der Waals surface area (Å²) in [4.78, 5) is 4.16. The molecule has 0 radical (unpaired) electrons. The molecule has 1 aliphatic heterocycles. The largest absolute Gasteiger partial charge is 0.293 e. The fourth-order valence-electron chi connectivity index (χ4n) is 1.43. The molecule has 0 saturated carbocycles. The first-order chi connectivity index (χ1) is 6.36. The van der Waals surface area contributed by atoms with Gasteiger partial charge in [0.25, 0.3) is 0 Å². The van der Waals surface area contributed by atoms with Crippen LogP contribution in [0.5, 0.6) is 0 Å². The van der Waals surface area contributed by atoms with Gasteiger partial charge >= 0.3 is 0 Å². The molecule has 0 aliphatic carbocycles. The fourth-order valence-corrected chi connectivity index (χ4v) is 1.43. The molecule has 0 aromatic rings. The highest BCUT2D eigenvalue weighted by molar-refractivity contribution is 5.78. The molecular formula is C8H19N5. The average molecular weight is 185 g/mol. The van der Waals surface area contributed by atoms with E-state index in [1.807, 2.05) is 6.92 Å². The second kappa shape index (κ2) is 5.77. The van der Waals surface area contributed by atoms with Crippen LogP contribution in [0.25, 0.3) is 0 Å². The Kier molecular flexibility index (Phi) is 4.56. The number of guanidine groups is 1. The highest BCUT2D eigenvalue weighted by atomic mass is 15.6. The van der Waals surface area contributed by atoms with Crippen LogP contribution < -0.4 is 16.7 Å². The highest BCUT2D eigenvalue weighted by Crippen LogP contribution is 2.05. The molecule has 5 heteroatoms. The van der Waals surface area contributed by atoms with E-state index in [9.17, 15) is 0 Å². The Balaban J connectivity index is 2.31. The smallest absolute Gasteiger partial charge is 0.220 e. The number of nitrogens with one attached hydrogen (secondary N) is 2. The lowest BCUT2D eigenvalue weighted by Gasteiger charge is -2.27. The highest BCUT2D eigenvalue weighted by Gasteiger charge is 2.10. The summed E-state index contributed by atoms with van der Waals surface area (Å²) in [6.07, 6.45) is 3.82. The Morgan fingerprint density at radius 3 is 2.62 bits per heavy atom. The molecule has 0 unspecified atom stereocenters. The summed E-state index contributed by atoms with van der Waals surface area (Å²) < 4.78 is 0. The molecule has 0 aromatic carbocycles. The fraction of sp³-hybridized carbons (Fsp3) is 0.875. The molecule has 0 aromatic heterocycles. The van der Waals surface area contributed by atoms with Crippen molar-refractivity contribution in [2.24, 2.45) is 10.8 Å². The molecule has 1 rings (SSSR count). The van der Waals surface area contributed by atoms with Crippen LogP contribution in [-0.4, -0.2) is 30.6 Å². The van der Waals surface area contributed by atoms with Gasteiger partial charge in [-0.05, 0) is 19.8 Å². The quantitative estimate of drug-likeness (QED) is 0.241. The van der Waals surface area contributed by atoms with E-state index in [4.69, 9.17) is 5.84 Å². The van der Waals surface area contributed by atoms with E-state index in [1.165, 1.54) is 19.3 Å². The summed E-state index contributed by atoms with van der Waals surface area (Å²) in [6.45, 7) is 4.87. The van der Waals surface area contributed by atoms with Crippen LogP contribution in [-0.2, 0) is 0 Å². The van der Waals surface area contributed by atoms with E-state index in [-0.39, 0.29) is 0 Å². The first-order valence-electron chi connectivity index (χ1n) is 4.89. The topological polar surface area (TPSA) is 65.7 Å². The molecule has 1 saturated heterocycles. The zero-order valence-corrected chi connectivity index (χ0v) is 8.21. The van der Waals surface area contributed by atoms with E-state index in [0.29, 0.717) is 5.96 Å². The zero-order chi connectivity index (χ0) is 9.52. The average Bonchev–Trinajstić information content (AvgIpc) is 2.19. The number of aliphatic imine (C=N–C) groups is 1.